The van der Waals surface area contributed by atoms with Crippen molar-refractivity contribution >= 4 is 17.9 Å². The Morgan fingerprint density at radius 3 is 2.88 bits per heavy atom. The van der Waals surface area contributed by atoms with Gasteiger partial charge in [0.15, 0.2) is 5.82 Å². The van der Waals surface area contributed by atoms with E-state index in [1.807, 2.05) is 0 Å². The molecule has 1 aromatic heterocycles. The van der Waals surface area contributed by atoms with Gasteiger partial charge >= 0.3 is 0 Å². The van der Waals surface area contributed by atoms with Crippen molar-refractivity contribution in [2.45, 2.75) is 0 Å². The molecule has 0 aliphatic carbocycles. The van der Waals surface area contributed by atoms with E-state index in [9.17, 15) is 10.1 Å². The van der Waals surface area contributed by atoms with E-state index in [1.165, 1.54) is 12.1 Å². The van der Waals surface area contributed by atoms with Gasteiger partial charge in [0, 0.05) is 24.7 Å². The molecule has 0 fully saturated rings. The summed E-state index contributed by atoms with van der Waals surface area (Å²) in [7, 11) is 1.73. The summed E-state index contributed by atoms with van der Waals surface area (Å²) in [4.78, 5) is 14.2. The van der Waals surface area contributed by atoms with Crippen molar-refractivity contribution in [3.8, 4) is 11.4 Å². The first kappa shape index (κ1) is 10.5. The second-order valence-electron chi connectivity index (χ2n) is 3.22. The maximum absolute atomic E-state index is 10.6. The minimum absolute atomic E-state index is 0.0301. The van der Waals surface area contributed by atoms with Gasteiger partial charge < -0.3 is 0 Å². The fraction of sp³-hybridized carbons (Fsp3) is 0.111. The summed E-state index contributed by atoms with van der Waals surface area (Å²) in [6.45, 7) is 0. The van der Waals surface area contributed by atoms with Crippen molar-refractivity contribution in [1.82, 2.24) is 14.8 Å². The molecule has 0 radical (unpaired) electrons. The lowest BCUT2D eigenvalue weighted by Gasteiger charge is -1.96. The van der Waals surface area contributed by atoms with E-state index < -0.39 is 4.92 Å². The maximum atomic E-state index is 10.6. The topological polar surface area (TPSA) is 76.8 Å². The number of aryl methyl sites for hydroxylation is 1. The molecule has 0 atom stereocenters. The largest absolute Gasteiger partial charge is 0.279 e. The monoisotopic (exact) mass is 236 g/mol. The van der Waals surface area contributed by atoms with Crippen LogP contribution in [0, 0.1) is 14.9 Å². The highest BCUT2D eigenvalue weighted by molar-refractivity contribution is 7.71. The quantitative estimate of drug-likeness (QED) is 0.492. The molecule has 2 aromatic rings. The molecule has 0 spiro atoms. The Morgan fingerprint density at radius 2 is 2.31 bits per heavy atom. The molecule has 2 rings (SSSR count). The van der Waals surface area contributed by atoms with Gasteiger partial charge in [-0.15, -0.1) is 0 Å². The van der Waals surface area contributed by atoms with Crippen LogP contribution >= 0.6 is 12.2 Å². The van der Waals surface area contributed by atoms with Crippen molar-refractivity contribution in [1.29, 1.82) is 0 Å². The normalized spacial score (nSPS) is 10.3. The number of hydrogen-bond acceptors (Lipinski definition) is 4. The molecular weight excluding hydrogens is 228 g/mol. The molecule has 7 heteroatoms. The molecular formula is C9H8N4O2S. The number of aromatic amines is 1. The predicted molar refractivity (Wildman–Crippen MR) is 60.5 cm³/mol. The van der Waals surface area contributed by atoms with Crippen molar-refractivity contribution < 1.29 is 4.92 Å². The van der Waals surface area contributed by atoms with Crippen LogP contribution in [0.2, 0.25) is 0 Å². The SMILES string of the molecule is Cn1[nH]c(-c2cccc([N+](=O)[O-])c2)nc1=S. The lowest BCUT2D eigenvalue weighted by molar-refractivity contribution is -0.384. The van der Waals surface area contributed by atoms with Crippen LogP contribution in [0.15, 0.2) is 24.3 Å². The third-order valence-electron chi connectivity index (χ3n) is 2.10. The number of rotatable bonds is 2. The van der Waals surface area contributed by atoms with Gasteiger partial charge in [0.1, 0.15) is 0 Å². The Labute approximate surface area is 95.7 Å². The fourth-order valence-electron chi connectivity index (χ4n) is 1.30. The summed E-state index contributed by atoms with van der Waals surface area (Å²) in [6.07, 6.45) is 0. The third kappa shape index (κ3) is 1.84. The van der Waals surface area contributed by atoms with Crippen LogP contribution < -0.4 is 0 Å². The lowest BCUT2D eigenvalue weighted by Crippen LogP contribution is -1.91. The van der Waals surface area contributed by atoms with Gasteiger partial charge in [-0.05, 0) is 12.2 Å². The Kier molecular flexibility index (Phi) is 2.53. The number of benzene rings is 1. The van der Waals surface area contributed by atoms with Crippen LogP contribution in [0.3, 0.4) is 0 Å². The van der Waals surface area contributed by atoms with E-state index in [4.69, 9.17) is 12.2 Å². The number of nitrogens with zero attached hydrogens (tertiary/aromatic N) is 3. The Balaban J connectivity index is 2.52. The highest BCUT2D eigenvalue weighted by Crippen LogP contribution is 2.20. The van der Waals surface area contributed by atoms with E-state index in [0.29, 0.717) is 16.2 Å². The minimum Gasteiger partial charge on any atom is -0.279 e. The Hall–Kier alpha value is -2.02. The molecule has 1 aromatic carbocycles. The van der Waals surface area contributed by atoms with Gasteiger partial charge in [-0.2, -0.15) is 4.98 Å². The standard InChI is InChI=1S/C9H8N4O2S/c1-12-9(16)10-8(11-12)6-3-2-4-7(5-6)13(14)15/h2-5H,1H3,(H,10,11,16). The maximum Gasteiger partial charge on any atom is 0.270 e. The van der Waals surface area contributed by atoms with E-state index >= 15 is 0 Å². The van der Waals surface area contributed by atoms with Gasteiger partial charge in [0.25, 0.3) is 5.69 Å². The molecule has 82 valence electrons. The van der Waals surface area contributed by atoms with Crippen LogP contribution in [-0.4, -0.2) is 19.7 Å². The van der Waals surface area contributed by atoms with Crippen LogP contribution in [0.5, 0.6) is 0 Å². The minimum atomic E-state index is -0.443. The van der Waals surface area contributed by atoms with Gasteiger partial charge in [-0.1, -0.05) is 12.1 Å². The molecule has 1 heterocycles. The molecule has 0 aliphatic heterocycles. The first-order valence-electron chi connectivity index (χ1n) is 4.46. The number of nitrogens with one attached hydrogen (secondary N) is 1. The zero-order valence-electron chi connectivity index (χ0n) is 8.38. The van der Waals surface area contributed by atoms with Crippen LogP contribution in [0.1, 0.15) is 0 Å². The zero-order chi connectivity index (χ0) is 11.7. The van der Waals surface area contributed by atoms with Crippen molar-refractivity contribution in [2.75, 3.05) is 0 Å². The summed E-state index contributed by atoms with van der Waals surface area (Å²) in [6, 6.07) is 6.23. The molecule has 16 heavy (non-hydrogen) atoms. The molecule has 0 aliphatic rings. The lowest BCUT2D eigenvalue weighted by atomic mass is 10.2. The van der Waals surface area contributed by atoms with Gasteiger partial charge in [-0.25, -0.2) is 0 Å². The highest BCUT2D eigenvalue weighted by atomic mass is 32.1. The van der Waals surface area contributed by atoms with Crippen LogP contribution in [-0.2, 0) is 7.05 Å². The molecule has 0 bridgehead atoms. The Bertz CT molecular complexity index is 602. The average Bonchev–Trinajstić information content (AvgIpc) is 2.59. The van der Waals surface area contributed by atoms with Gasteiger partial charge in [0.2, 0.25) is 4.77 Å². The van der Waals surface area contributed by atoms with Crippen LogP contribution in [0.4, 0.5) is 5.69 Å². The number of non-ortho nitro benzene ring substituents is 1. The zero-order valence-corrected chi connectivity index (χ0v) is 9.19. The smallest absolute Gasteiger partial charge is 0.270 e. The highest BCUT2D eigenvalue weighted by Gasteiger charge is 2.09. The molecule has 6 nitrogen and oxygen atoms in total. The summed E-state index contributed by atoms with van der Waals surface area (Å²) in [5.74, 6) is 0.524. The number of H-pyrrole nitrogens is 1. The fourth-order valence-corrected chi connectivity index (χ4v) is 1.44. The molecule has 0 unspecified atom stereocenters. The van der Waals surface area contributed by atoms with E-state index in [-0.39, 0.29) is 5.69 Å². The predicted octanol–water partition coefficient (Wildman–Crippen LogP) is 2.05. The number of aromatic nitrogens is 3. The second-order valence-corrected chi connectivity index (χ2v) is 3.59. The second kappa shape index (κ2) is 3.86. The molecule has 0 saturated heterocycles. The summed E-state index contributed by atoms with van der Waals surface area (Å²) in [5, 5.41) is 13.5. The van der Waals surface area contributed by atoms with Crippen molar-refractivity contribution in [2.24, 2.45) is 7.05 Å². The summed E-state index contributed by atoms with van der Waals surface area (Å²) < 4.78 is 1.98. The first-order chi connectivity index (χ1) is 7.58. The van der Waals surface area contributed by atoms with E-state index in [0.717, 1.165) is 0 Å². The van der Waals surface area contributed by atoms with Crippen molar-refractivity contribution in [3.05, 3.63) is 39.2 Å². The number of nitro benzene ring substituents is 1. The van der Waals surface area contributed by atoms with Gasteiger partial charge in [-0.3, -0.25) is 19.9 Å². The number of nitro groups is 1. The van der Waals surface area contributed by atoms with E-state index in [2.05, 4.69) is 10.1 Å². The molecule has 0 amide bonds. The summed E-state index contributed by atoms with van der Waals surface area (Å²) in [5.41, 5.74) is 0.670. The molecule has 0 saturated carbocycles. The van der Waals surface area contributed by atoms with Gasteiger partial charge in [0.05, 0.1) is 4.92 Å². The van der Waals surface area contributed by atoms with Crippen LogP contribution in [0.25, 0.3) is 11.4 Å². The number of hydrogen-bond donors (Lipinski definition) is 1. The van der Waals surface area contributed by atoms with E-state index in [1.54, 1.807) is 23.9 Å². The first-order valence-corrected chi connectivity index (χ1v) is 4.86. The summed E-state index contributed by atoms with van der Waals surface area (Å²) >= 11 is 4.95. The van der Waals surface area contributed by atoms with Crippen molar-refractivity contribution in [3.63, 3.8) is 0 Å². The Morgan fingerprint density at radius 1 is 1.56 bits per heavy atom. The third-order valence-corrected chi connectivity index (χ3v) is 2.46. The molecule has 1 N–H and O–H groups in total. The average molecular weight is 236 g/mol.